The quantitative estimate of drug-likeness (QED) is 0.219. The zero-order valence-corrected chi connectivity index (χ0v) is 18.1. The predicted octanol–water partition coefficient (Wildman–Crippen LogP) is 3.02. The van der Waals surface area contributed by atoms with Gasteiger partial charge in [0, 0.05) is 38.7 Å². The summed E-state index contributed by atoms with van der Waals surface area (Å²) < 4.78 is 7.56. The molecule has 148 valence electrons. The third-order valence-electron chi connectivity index (χ3n) is 3.89. The van der Waals surface area contributed by atoms with Gasteiger partial charge in [0.1, 0.15) is 17.9 Å². The van der Waals surface area contributed by atoms with E-state index in [1.807, 2.05) is 53.2 Å². The predicted molar refractivity (Wildman–Crippen MR) is 122 cm³/mol. The number of para-hydroxylation sites is 1. The van der Waals surface area contributed by atoms with Gasteiger partial charge in [-0.3, -0.25) is 9.56 Å². The van der Waals surface area contributed by atoms with Gasteiger partial charge in [0.2, 0.25) is 0 Å². The monoisotopic (exact) mass is 492 g/mol. The van der Waals surface area contributed by atoms with E-state index in [9.17, 15) is 0 Å². The fourth-order valence-electron chi connectivity index (χ4n) is 2.50. The summed E-state index contributed by atoms with van der Waals surface area (Å²) in [5.74, 6) is 2.50. The van der Waals surface area contributed by atoms with Crippen molar-refractivity contribution in [3.8, 4) is 11.6 Å². The van der Waals surface area contributed by atoms with E-state index in [2.05, 4.69) is 25.6 Å². The average Bonchev–Trinajstić information content (AvgIpc) is 3.26. The van der Waals surface area contributed by atoms with Crippen molar-refractivity contribution in [2.75, 3.05) is 20.2 Å². The largest absolute Gasteiger partial charge is 0.494 e. The van der Waals surface area contributed by atoms with Crippen LogP contribution in [0.1, 0.15) is 12.0 Å². The smallest absolute Gasteiger partial charge is 0.191 e. The molecule has 8 heteroatoms. The number of benzene rings is 1. The minimum absolute atomic E-state index is 0. The molecule has 0 aliphatic carbocycles. The number of aromatic nitrogens is 3. The Morgan fingerprint density at radius 2 is 2.00 bits per heavy atom. The van der Waals surface area contributed by atoms with Crippen LogP contribution in [0.25, 0.3) is 5.82 Å². The van der Waals surface area contributed by atoms with Crippen molar-refractivity contribution in [3.63, 3.8) is 0 Å². The van der Waals surface area contributed by atoms with Gasteiger partial charge in [-0.05, 0) is 36.2 Å². The molecular weight excluding hydrogens is 467 g/mol. The Labute approximate surface area is 182 Å². The Morgan fingerprint density at radius 1 is 1.14 bits per heavy atom. The van der Waals surface area contributed by atoms with Crippen LogP contribution in [0.15, 0.2) is 72.4 Å². The van der Waals surface area contributed by atoms with Gasteiger partial charge in [-0.1, -0.05) is 18.2 Å². The van der Waals surface area contributed by atoms with Crippen molar-refractivity contribution in [2.45, 2.75) is 13.0 Å². The maximum absolute atomic E-state index is 5.68. The van der Waals surface area contributed by atoms with Crippen LogP contribution in [-0.2, 0) is 6.54 Å². The number of aliphatic imine (C=N–C) groups is 1. The maximum atomic E-state index is 5.68. The van der Waals surface area contributed by atoms with Gasteiger partial charge in [-0.15, -0.1) is 24.0 Å². The number of nitrogens with zero attached hydrogens (tertiary/aromatic N) is 4. The molecule has 1 aromatic carbocycles. The molecule has 2 N–H and O–H groups in total. The van der Waals surface area contributed by atoms with Crippen LogP contribution in [0.4, 0.5) is 0 Å². The van der Waals surface area contributed by atoms with E-state index < -0.39 is 0 Å². The van der Waals surface area contributed by atoms with Gasteiger partial charge in [-0.2, -0.15) is 0 Å². The Bertz CT molecular complexity index is 839. The number of hydrogen-bond donors (Lipinski definition) is 2. The van der Waals surface area contributed by atoms with E-state index in [1.54, 1.807) is 25.8 Å². The van der Waals surface area contributed by atoms with Crippen LogP contribution in [-0.4, -0.2) is 40.7 Å². The highest BCUT2D eigenvalue weighted by Gasteiger charge is 2.02. The number of hydrogen-bond acceptors (Lipinski definition) is 4. The second-order valence-electron chi connectivity index (χ2n) is 5.86. The molecule has 0 bridgehead atoms. The summed E-state index contributed by atoms with van der Waals surface area (Å²) in [5, 5.41) is 6.61. The lowest BCUT2D eigenvalue weighted by Gasteiger charge is -2.13. The Hall–Kier alpha value is -2.62. The van der Waals surface area contributed by atoms with Gasteiger partial charge >= 0.3 is 0 Å². The van der Waals surface area contributed by atoms with Crippen molar-refractivity contribution >= 4 is 29.9 Å². The molecule has 0 amide bonds. The van der Waals surface area contributed by atoms with Crippen molar-refractivity contribution in [1.82, 2.24) is 25.2 Å². The molecular formula is C20H25IN6O. The molecule has 2 heterocycles. The lowest BCUT2D eigenvalue weighted by atomic mass is 10.2. The fraction of sp³-hybridized carbons (Fsp3) is 0.250. The number of pyridine rings is 1. The van der Waals surface area contributed by atoms with Crippen LogP contribution in [0, 0.1) is 0 Å². The van der Waals surface area contributed by atoms with E-state index in [0.29, 0.717) is 13.2 Å². The Morgan fingerprint density at radius 3 is 2.75 bits per heavy atom. The number of guanidine groups is 1. The SMILES string of the molecule is CN=C(NCCCOc1ccccc1)NCc1ccnc(-n2ccnc2)c1.I. The van der Waals surface area contributed by atoms with Crippen LogP contribution in [0.3, 0.4) is 0 Å². The van der Waals surface area contributed by atoms with E-state index in [4.69, 9.17) is 4.74 Å². The zero-order valence-electron chi connectivity index (χ0n) is 15.8. The first-order valence-corrected chi connectivity index (χ1v) is 8.91. The molecule has 0 fully saturated rings. The molecule has 0 radical (unpaired) electrons. The molecule has 28 heavy (non-hydrogen) atoms. The summed E-state index contributed by atoms with van der Waals surface area (Å²) in [6.45, 7) is 2.10. The van der Waals surface area contributed by atoms with Gasteiger partial charge < -0.3 is 15.4 Å². The fourth-order valence-corrected chi connectivity index (χ4v) is 2.50. The summed E-state index contributed by atoms with van der Waals surface area (Å²) in [6.07, 6.45) is 8.02. The van der Waals surface area contributed by atoms with Gasteiger partial charge in [-0.25, -0.2) is 9.97 Å². The minimum Gasteiger partial charge on any atom is -0.494 e. The third kappa shape index (κ3) is 6.84. The summed E-state index contributed by atoms with van der Waals surface area (Å²) >= 11 is 0. The molecule has 0 saturated carbocycles. The van der Waals surface area contributed by atoms with Crippen LogP contribution in [0.2, 0.25) is 0 Å². The number of halogens is 1. The number of ether oxygens (including phenoxy) is 1. The van der Waals surface area contributed by atoms with Crippen molar-refractivity contribution in [1.29, 1.82) is 0 Å². The molecule has 0 atom stereocenters. The van der Waals surface area contributed by atoms with Crippen molar-refractivity contribution in [2.24, 2.45) is 4.99 Å². The van der Waals surface area contributed by atoms with Gasteiger partial charge in [0.25, 0.3) is 0 Å². The minimum atomic E-state index is 0. The van der Waals surface area contributed by atoms with Gasteiger partial charge in [0.05, 0.1) is 6.61 Å². The molecule has 0 unspecified atom stereocenters. The first-order valence-electron chi connectivity index (χ1n) is 8.91. The van der Waals surface area contributed by atoms with E-state index in [-0.39, 0.29) is 24.0 Å². The van der Waals surface area contributed by atoms with E-state index in [1.165, 1.54) is 0 Å². The lowest BCUT2D eigenvalue weighted by Crippen LogP contribution is -2.37. The molecule has 0 aliphatic heterocycles. The second kappa shape index (κ2) is 12.0. The summed E-state index contributed by atoms with van der Waals surface area (Å²) in [5.41, 5.74) is 1.11. The molecule has 3 rings (SSSR count). The Kier molecular flexibility index (Phi) is 9.26. The normalized spacial score (nSPS) is 10.8. The summed E-state index contributed by atoms with van der Waals surface area (Å²) in [6, 6.07) is 13.8. The number of rotatable bonds is 8. The lowest BCUT2D eigenvalue weighted by molar-refractivity contribution is 0.311. The number of imidazole rings is 1. The molecule has 0 spiro atoms. The summed E-state index contributed by atoms with van der Waals surface area (Å²) in [7, 11) is 1.76. The van der Waals surface area contributed by atoms with Crippen LogP contribution < -0.4 is 15.4 Å². The van der Waals surface area contributed by atoms with Crippen LogP contribution in [0.5, 0.6) is 5.75 Å². The van der Waals surface area contributed by atoms with E-state index in [0.717, 1.165) is 36.1 Å². The van der Waals surface area contributed by atoms with Crippen LogP contribution >= 0.6 is 24.0 Å². The zero-order chi connectivity index (χ0) is 18.7. The van der Waals surface area contributed by atoms with Crippen molar-refractivity contribution < 1.29 is 4.74 Å². The second-order valence-corrected chi connectivity index (χ2v) is 5.86. The van der Waals surface area contributed by atoms with E-state index >= 15 is 0 Å². The maximum Gasteiger partial charge on any atom is 0.191 e. The molecule has 3 aromatic rings. The highest BCUT2D eigenvalue weighted by Crippen LogP contribution is 2.08. The molecule has 0 aliphatic rings. The molecule has 2 aromatic heterocycles. The highest BCUT2D eigenvalue weighted by atomic mass is 127. The molecule has 0 saturated heterocycles. The average molecular weight is 492 g/mol. The third-order valence-corrected chi connectivity index (χ3v) is 3.89. The first kappa shape index (κ1) is 21.7. The first-order chi connectivity index (χ1) is 13.3. The van der Waals surface area contributed by atoms with Gasteiger partial charge in [0.15, 0.2) is 5.96 Å². The Balaban J connectivity index is 0.00000280. The molecule has 7 nitrogen and oxygen atoms in total. The summed E-state index contributed by atoms with van der Waals surface area (Å²) in [4.78, 5) is 12.7. The number of nitrogens with one attached hydrogen (secondary N) is 2. The topological polar surface area (TPSA) is 76.4 Å². The standard InChI is InChI=1S/C20H24N6O.HI/c1-21-20(24-9-5-13-27-18-6-3-2-4-7-18)25-15-17-8-10-23-19(14-17)26-12-11-22-16-26;/h2-4,6-8,10-12,14,16H,5,9,13,15H2,1H3,(H2,21,24,25);1H. The van der Waals surface area contributed by atoms with Crippen molar-refractivity contribution in [3.05, 3.63) is 72.9 Å². The highest BCUT2D eigenvalue weighted by molar-refractivity contribution is 14.0.